The van der Waals surface area contributed by atoms with Crippen LogP contribution in [0.15, 0.2) is 59.5 Å². The number of sulfone groups is 1. The van der Waals surface area contributed by atoms with Crippen LogP contribution in [0.3, 0.4) is 0 Å². The first-order valence-electron chi connectivity index (χ1n) is 8.60. The molecule has 2 aromatic carbocycles. The standard InChI is InChI=1S/C20H23NO5S/c1-15(2)21(12-11-19(22)23)20(24)17-9-6-10-18(13-17)27(25,26)14-16-7-4-3-5-8-16/h3-10,13,15H,11-12,14H2,1-2H3,(H,22,23). The third-order valence-corrected chi connectivity index (χ3v) is 5.78. The van der Waals surface area contributed by atoms with Gasteiger partial charge in [-0.1, -0.05) is 36.4 Å². The van der Waals surface area contributed by atoms with Gasteiger partial charge in [-0.3, -0.25) is 9.59 Å². The molecule has 0 heterocycles. The van der Waals surface area contributed by atoms with E-state index in [4.69, 9.17) is 5.11 Å². The molecule has 7 heteroatoms. The first-order valence-corrected chi connectivity index (χ1v) is 10.3. The molecule has 0 aliphatic carbocycles. The second-order valence-corrected chi connectivity index (χ2v) is 8.50. The Kier molecular flexibility index (Phi) is 6.74. The van der Waals surface area contributed by atoms with Gasteiger partial charge in [0, 0.05) is 18.2 Å². The van der Waals surface area contributed by atoms with Crippen molar-refractivity contribution < 1.29 is 23.1 Å². The minimum absolute atomic E-state index is 0.0623. The molecule has 1 N–H and O–H groups in total. The van der Waals surface area contributed by atoms with Crippen LogP contribution in [0, 0.1) is 0 Å². The van der Waals surface area contributed by atoms with Gasteiger partial charge in [0.05, 0.1) is 17.1 Å². The summed E-state index contributed by atoms with van der Waals surface area (Å²) >= 11 is 0. The highest BCUT2D eigenvalue weighted by Crippen LogP contribution is 2.19. The summed E-state index contributed by atoms with van der Waals surface area (Å²) in [4.78, 5) is 25.1. The average molecular weight is 389 g/mol. The average Bonchev–Trinajstić information content (AvgIpc) is 2.62. The summed E-state index contributed by atoms with van der Waals surface area (Å²) in [6, 6.07) is 14.5. The highest BCUT2D eigenvalue weighted by molar-refractivity contribution is 7.90. The minimum Gasteiger partial charge on any atom is -0.481 e. The number of hydrogen-bond acceptors (Lipinski definition) is 4. The third-order valence-electron chi connectivity index (χ3n) is 4.09. The fraction of sp³-hybridized carbons (Fsp3) is 0.300. The van der Waals surface area contributed by atoms with E-state index in [1.807, 2.05) is 6.07 Å². The van der Waals surface area contributed by atoms with Gasteiger partial charge in [-0.2, -0.15) is 0 Å². The normalized spacial score (nSPS) is 11.4. The van der Waals surface area contributed by atoms with E-state index < -0.39 is 15.8 Å². The van der Waals surface area contributed by atoms with Crippen molar-refractivity contribution >= 4 is 21.7 Å². The van der Waals surface area contributed by atoms with Crippen LogP contribution >= 0.6 is 0 Å². The molecule has 0 aliphatic heterocycles. The van der Waals surface area contributed by atoms with Crippen LogP contribution in [0.5, 0.6) is 0 Å². The molecule has 0 saturated heterocycles. The molecule has 0 aliphatic rings. The van der Waals surface area contributed by atoms with Gasteiger partial charge in [0.1, 0.15) is 0 Å². The lowest BCUT2D eigenvalue weighted by Gasteiger charge is -2.26. The van der Waals surface area contributed by atoms with Gasteiger partial charge in [-0.15, -0.1) is 0 Å². The SMILES string of the molecule is CC(C)N(CCC(=O)O)C(=O)c1cccc(S(=O)(=O)Cc2ccccc2)c1. The van der Waals surface area contributed by atoms with Crippen molar-refractivity contribution in [2.45, 2.75) is 37.0 Å². The van der Waals surface area contributed by atoms with E-state index in [0.717, 1.165) is 0 Å². The summed E-state index contributed by atoms with van der Waals surface area (Å²) in [7, 11) is -3.61. The van der Waals surface area contributed by atoms with E-state index in [-0.39, 0.29) is 41.1 Å². The predicted molar refractivity (Wildman–Crippen MR) is 102 cm³/mol. The summed E-state index contributed by atoms with van der Waals surface area (Å²) in [6.07, 6.45) is -0.171. The van der Waals surface area contributed by atoms with Gasteiger partial charge in [0.2, 0.25) is 0 Å². The van der Waals surface area contributed by atoms with Crippen molar-refractivity contribution in [1.82, 2.24) is 4.90 Å². The number of carbonyl (C=O) groups excluding carboxylic acids is 1. The largest absolute Gasteiger partial charge is 0.481 e. The molecule has 0 spiro atoms. The summed E-state index contributed by atoms with van der Waals surface area (Å²) in [5.74, 6) is -1.53. The van der Waals surface area contributed by atoms with E-state index in [9.17, 15) is 18.0 Å². The fourth-order valence-corrected chi connectivity index (χ4v) is 4.07. The molecule has 1 amide bonds. The van der Waals surface area contributed by atoms with Crippen LogP contribution in [-0.2, 0) is 20.4 Å². The van der Waals surface area contributed by atoms with E-state index in [2.05, 4.69) is 0 Å². The number of hydrogen-bond donors (Lipinski definition) is 1. The predicted octanol–water partition coefficient (Wildman–Crippen LogP) is 2.99. The lowest BCUT2D eigenvalue weighted by atomic mass is 10.1. The van der Waals surface area contributed by atoms with Gasteiger partial charge >= 0.3 is 5.97 Å². The summed E-state index contributed by atoms with van der Waals surface area (Å²) in [5.41, 5.74) is 0.891. The van der Waals surface area contributed by atoms with Crippen molar-refractivity contribution in [2.24, 2.45) is 0 Å². The summed E-state index contributed by atoms with van der Waals surface area (Å²) < 4.78 is 25.4. The molecular formula is C20H23NO5S. The van der Waals surface area contributed by atoms with Gasteiger partial charge in [-0.25, -0.2) is 8.42 Å². The van der Waals surface area contributed by atoms with Gasteiger partial charge < -0.3 is 10.0 Å². The molecule has 0 bridgehead atoms. The molecule has 2 aromatic rings. The Hall–Kier alpha value is -2.67. The number of amides is 1. The molecule has 6 nitrogen and oxygen atoms in total. The molecule has 2 rings (SSSR count). The van der Waals surface area contributed by atoms with E-state index in [0.29, 0.717) is 5.56 Å². The Labute approximate surface area is 159 Å². The Morgan fingerprint density at radius 2 is 1.70 bits per heavy atom. The van der Waals surface area contributed by atoms with Gasteiger partial charge in [-0.05, 0) is 37.6 Å². The van der Waals surface area contributed by atoms with Crippen LogP contribution < -0.4 is 0 Å². The molecule has 0 unspecified atom stereocenters. The zero-order valence-corrected chi connectivity index (χ0v) is 16.1. The Morgan fingerprint density at radius 3 is 2.30 bits per heavy atom. The van der Waals surface area contributed by atoms with Crippen LogP contribution in [0.1, 0.15) is 36.2 Å². The van der Waals surface area contributed by atoms with Crippen molar-refractivity contribution in [2.75, 3.05) is 6.54 Å². The number of nitrogens with zero attached hydrogens (tertiary/aromatic N) is 1. The topological polar surface area (TPSA) is 91.8 Å². The Morgan fingerprint density at radius 1 is 1.04 bits per heavy atom. The summed E-state index contributed by atoms with van der Waals surface area (Å²) in [6.45, 7) is 3.64. The van der Waals surface area contributed by atoms with Crippen LogP contribution in [0.25, 0.3) is 0 Å². The molecule has 0 atom stereocenters. The van der Waals surface area contributed by atoms with Crippen LogP contribution in [0.4, 0.5) is 0 Å². The van der Waals surface area contributed by atoms with E-state index in [1.165, 1.54) is 23.1 Å². The van der Waals surface area contributed by atoms with E-state index >= 15 is 0 Å². The number of benzene rings is 2. The molecular weight excluding hydrogens is 366 g/mol. The minimum atomic E-state index is -3.61. The molecule has 27 heavy (non-hydrogen) atoms. The first kappa shape index (κ1) is 20.6. The summed E-state index contributed by atoms with van der Waals surface area (Å²) in [5, 5.41) is 8.87. The van der Waals surface area contributed by atoms with Crippen molar-refractivity contribution in [3.63, 3.8) is 0 Å². The number of carboxylic acid groups (broad SMARTS) is 1. The van der Waals surface area contributed by atoms with Crippen molar-refractivity contribution in [3.8, 4) is 0 Å². The maximum absolute atomic E-state index is 12.8. The Balaban J connectivity index is 2.27. The lowest BCUT2D eigenvalue weighted by molar-refractivity contribution is -0.137. The third kappa shape index (κ3) is 5.65. The van der Waals surface area contributed by atoms with E-state index in [1.54, 1.807) is 44.2 Å². The van der Waals surface area contributed by atoms with Gasteiger partial charge in [0.15, 0.2) is 9.84 Å². The number of carbonyl (C=O) groups is 2. The second-order valence-electron chi connectivity index (χ2n) is 6.51. The van der Waals surface area contributed by atoms with Crippen LogP contribution in [-0.4, -0.2) is 42.9 Å². The molecule has 144 valence electrons. The fourth-order valence-electron chi connectivity index (χ4n) is 2.68. The monoisotopic (exact) mass is 389 g/mol. The highest BCUT2D eigenvalue weighted by atomic mass is 32.2. The Bertz CT molecular complexity index is 907. The first-order chi connectivity index (χ1) is 12.7. The van der Waals surface area contributed by atoms with Crippen molar-refractivity contribution in [3.05, 3.63) is 65.7 Å². The number of carboxylic acids is 1. The second kappa shape index (κ2) is 8.81. The highest BCUT2D eigenvalue weighted by Gasteiger charge is 2.22. The number of rotatable bonds is 8. The zero-order chi connectivity index (χ0) is 20.0. The smallest absolute Gasteiger partial charge is 0.305 e. The molecule has 0 saturated carbocycles. The molecule has 0 aromatic heterocycles. The number of aliphatic carboxylic acids is 1. The quantitative estimate of drug-likeness (QED) is 0.749. The molecule has 0 radical (unpaired) electrons. The van der Waals surface area contributed by atoms with Crippen LogP contribution in [0.2, 0.25) is 0 Å². The molecule has 0 fully saturated rings. The van der Waals surface area contributed by atoms with Gasteiger partial charge in [0.25, 0.3) is 5.91 Å². The maximum Gasteiger partial charge on any atom is 0.305 e. The zero-order valence-electron chi connectivity index (χ0n) is 15.3. The maximum atomic E-state index is 12.8. The lowest BCUT2D eigenvalue weighted by Crippen LogP contribution is -2.38. The van der Waals surface area contributed by atoms with Crippen molar-refractivity contribution in [1.29, 1.82) is 0 Å².